The summed E-state index contributed by atoms with van der Waals surface area (Å²) in [6.07, 6.45) is 6.71. The van der Waals surface area contributed by atoms with Crippen molar-refractivity contribution in [3.63, 3.8) is 0 Å². The third-order valence-corrected chi connectivity index (χ3v) is 6.74. The first kappa shape index (κ1) is 33.4. The quantitative estimate of drug-likeness (QED) is 0.301. The molecule has 0 aromatic heterocycles. The lowest BCUT2D eigenvalue weighted by Gasteiger charge is -2.40. The van der Waals surface area contributed by atoms with Crippen LogP contribution in [0.4, 0.5) is 4.79 Å². The molecule has 2 N–H and O–H groups in total. The molecule has 0 bridgehead atoms. The normalized spacial score (nSPS) is 13.6. The molecule has 222 valence electrons. The number of amides is 3. The molecule has 0 radical (unpaired) electrons. The Morgan fingerprint density at radius 2 is 1.54 bits per heavy atom. The number of nitrogens with one attached hydrogen (secondary N) is 2. The van der Waals surface area contributed by atoms with E-state index in [0.717, 1.165) is 12.0 Å². The number of hydrogen-bond acceptors (Lipinski definition) is 4. The highest BCUT2D eigenvalue weighted by Crippen LogP contribution is 2.30. The lowest BCUT2D eigenvalue weighted by atomic mass is 9.93. The van der Waals surface area contributed by atoms with Crippen molar-refractivity contribution in [2.45, 2.75) is 98.5 Å². The predicted octanol–water partition coefficient (Wildman–Crippen LogP) is 6.23. The van der Waals surface area contributed by atoms with Gasteiger partial charge < -0.3 is 20.3 Å². The van der Waals surface area contributed by atoms with Crippen molar-refractivity contribution in [2.75, 3.05) is 0 Å². The second-order valence-corrected chi connectivity index (χ2v) is 12.3. The van der Waals surface area contributed by atoms with E-state index in [1.54, 1.807) is 37.8 Å². The number of carbonyl (C=O) groups is 3. The highest BCUT2D eigenvalue weighted by atomic mass is 16.6. The molecule has 41 heavy (non-hydrogen) atoms. The maximum atomic E-state index is 14.5. The number of ether oxygens (including phenoxy) is 1. The summed E-state index contributed by atoms with van der Waals surface area (Å²) >= 11 is 0. The molecule has 0 aliphatic rings. The van der Waals surface area contributed by atoms with Gasteiger partial charge in [-0.1, -0.05) is 82.1 Å². The second kappa shape index (κ2) is 15.3. The summed E-state index contributed by atoms with van der Waals surface area (Å²) in [5, 5.41) is 5.81. The topological polar surface area (TPSA) is 87.7 Å². The first-order valence-electron chi connectivity index (χ1n) is 14.4. The molecule has 0 heterocycles. The fourth-order valence-corrected chi connectivity index (χ4v) is 4.59. The summed E-state index contributed by atoms with van der Waals surface area (Å²) in [6.45, 7) is 15.5. The molecule has 2 aromatic carbocycles. The van der Waals surface area contributed by atoms with E-state index in [2.05, 4.69) is 30.4 Å². The summed E-state index contributed by atoms with van der Waals surface area (Å²) in [5.41, 5.74) is 1.29. The van der Waals surface area contributed by atoms with Gasteiger partial charge in [-0.25, -0.2) is 4.79 Å². The zero-order chi connectivity index (χ0) is 30.7. The van der Waals surface area contributed by atoms with Crippen LogP contribution >= 0.6 is 0 Å². The highest BCUT2D eigenvalue weighted by molar-refractivity contribution is 5.93. The van der Waals surface area contributed by atoms with Gasteiger partial charge >= 0.3 is 6.09 Å². The first-order valence-corrected chi connectivity index (χ1v) is 14.4. The Hall–Kier alpha value is -3.79. The van der Waals surface area contributed by atoms with E-state index in [9.17, 15) is 14.4 Å². The molecule has 0 fully saturated rings. The first-order chi connectivity index (χ1) is 19.2. The van der Waals surface area contributed by atoms with Crippen LogP contribution in [0.15, 0.2) is 54.6 Å². The molecule has 3 atom stereocenters. The number of benzene rings is 2. The van der Waals surface area contributed by atoms with Gasteiger partial charge in [-0.15, -0.1) is 6.42 Å². The van der Waals surface area contributed by atoms with E-state index in [-0.39, 0.29) is 23.8 Å². The SMILES string of the molecule is C#Cc1ccccc1C(C(=O)NCc1ccccc1)N(C(=O)C(NC(=O)OC(C)(C)C)C(C)C)C(C)CCC(C)C. The van der Waals surface area contributed by atoms with E-state index < -0.39 is 23.8 Å². The van der Waals surface area contributed by atoms with Gasteiger partial charge in [0.1, 0.15) is 17.7 Å². The lowest BCUT2D eigenvalue weighted by molar-refractivity contribution is -0.146. The van der Waals surface area contributed by atoms with Crippen molar-refractivity contribution < 1.29 is 19.1 Å². The minimum atomic E-state index is -1.01. The predicted molar refractivity (Wildman–Crippen MR) is 164 cm³/mol. The number of terminal acetylenes is 1. The van der Waals surface area contributed by atoms with E-state index in [1.165, 1.54) is 0 Å². The van der Waals surface area contributed by atoms with Gasteiger partial charge in [0.05, 0.1) is 0 Å². The Labute approximate surface area is 246 Å². The molecule has 0 spiro atoms. The van der Waals surface area contributed by atoms with Crippen molar-refractivity contribution in [2.24, 2.45) is 11.8 Å². The van der Waals surface area contributed by atoms with Crippen molar-refractivity contribution >= 4 is 17.9 Å². The smallest absolute Gasteiger partial charge is 0.408 e. The maximum absolute atomic E-state index is 14.5. The van der Waals surface area contributed by atoms with Crippen LogP contribution in [0.5, 0.6) is 0 Å². The molecular weight excluding hydrogens is 514 g/mol. The molecule has 0 saturated carbocycles. The van der Waals surface area contributed by atoms with E-state index in [1.807, 2.05) is 63.2 Å². The molecule has 7 nitrogen and oxygen atoms in total. The van der Waals surface area contributed by atoms with Crippen molar-refractivity contribution in [1.29, 1.82) is 0 Å². The number of rotatable bonds is 12. The van der Waals surface area contributed by atoms with Gasteiger partial charge in [-0.05, 0) is 69.6 Å². The van der Waals surface area contributed by atoms with Crippen LogP contribution in [0, 0.1) is 24.2 Å². The van der Waals surface area contributed by atoms with E-state index in [0.29, 0.717) is 30.0 Å². The van der Waals surface area contributed by atoms with Crippen molar-refractivity contribution in [3.8, 4) is 12.3 Å². The van der Waals surface area contributed by atoms with Gasteiger partial charge in [0.15, 0.2) is 0 Å². The minimum absolute atomic E-state index is 0.272. The van der Waals surface area contributed by atoms with Gasteiger partial charge in [0, 0.05) is 18.2 Å². The third kappa shape index (κ3) is 10.3. The molecule has 0 aliphatic carbocycles. The Kier molecular flexibility index (Phi) is 12.5. The van der Waals surface area contributed by atoms with Gasteiger partial charge in [0.25, 0.3) is 0 Å². The summed E-state index contributed by atoms with van der Waals surface area (Å²) in [4.78, 5) is 43.0. The summed E-state index contributed by atoms with van der Waals surface area (Å²) in [5.74, 6) is 2.11. The van der Waals surface area contributed by atoms with Gasteiger partial charge in [-0.3, -0.25) is 9.59 Å². The average Bonchev–Trinajstić information content (AvgIpc) is 2.91. The molecule has 0 aliphatic heterocycles. The fourth-order valence-electron chi connectivity index (χ4n) is 4.59. The average molecular weight is 562 g/mol. The molecule has 2 rings (SSSR count). The number of hydrogen-bond donors (Lipinski definition) is 2. The second-order valence-electron chi connectivity index (χ2n) is 12.3. The van der Waals surface area contributed by atoms with Crippen molar-refractivity contribution in [1.82, 2.24) is 15.5 Å². The highest BCUT2D eigenvalue weighted by Gasteiger charge is 2.40. The van der Waals surface area contributed by atoms with Crippen molar-refractivity contribution in [3.05, 3.63) is 71.3 Å². The van der Waals surface area contributed by atoms with E-state index in [4.69, 9.17) is 11.2 Å². The van der Waals surface area contributed by atoms with Crippen LogP contribution in [0.3, 0.4) is 0 Å². The Balaban J connectivity index is 2.61. The molecule has 3 amide bonds. The number of carbonyl (C=O) groups excluding carboxylic acids is 3. The molecular formula is C34H47N3O4. The number of alkyl carbamates (subject to hydrolysis) is 1. The molecule has 7 heteroatoms. The van der Waals surface area contributed by atoms with Crippen LogP contribution in [-0.4, -0.2) is 40.5 Å². The zero-order valence-corrected chi connectivity index (χ0v) is 25.9. The van der Waals surface area contributed by atoms with Crippen LogP contribution in [0.2, 0.25) is 0 Å². The lowest BCUT2D eigenvalue weighted by Crippen LogP contribution is -2.57. The third-order valence-electron chi connectivity index (χ3n) is 6.74. The zero-order valence-electron chi connectivity index (χ0n) is 25.9. The standard InChI is InChI=1S/C34H47N3O4/c1-10-27-18-14-15-19-28(27)30(31(38)35-22-26-16-12-11-13-17-26)37(25(6)21-20-23(2)3)32(39)29(24(4)5)36-33(40)41-34(7,8)9/h1,11-19,23-25,29-30H,20-22H2,2-9H3,(H,35,38)(H,36,40). The van der Waals surface area contributed by atoms with Crippen LogP contribution in [0.1, 0.15) is 91.0 Å². The summed E-state index contributed by atoms with van der Waals surface area (Å²) in [7, 11) is 0. The van der Waals surface area contributed by atoms with Gasteiger partial charge in [0.2, 0.25) is 11.8 Å². The number of nitrogens with zero attached hydrogens (tertiary/aromatic N) is 1. The maximum Gasteiger partial charge on any atom is 0.408 e. The molecule has 3 unspecified atom stereocenters. The largest absolute Gasteiger partial charge is 0.444 e. The minimum Gasteiger partial charge on any atom is -0.444 e. The summed E-state index contributed by atoms with van der Waals surface area (Å²) < 4.78 is 5.48. The Bertz CT molecular complexity index is 1190. The van der Waals surface area contributed by atoms with Crippen LogP contribution in [-0.2, 0) is 20.9 Å². The van der Waals surface area contributed by atoms with E-state index >= 15 is 0 Å². The van der Waals surface area contributed by atoms with Crippen LogP contribution in [0.25, 0.3) is 0 Å². The molecule has 2 aromatic rings. The monoisotopic (exact) mass is 561 g/mol. The van der Waals surface area contributed by atoms with Gasteiger partial charge in [-0.2, -0.15) is 0 Å². The van der Waals surface area contributed by atoms with Crippen LogP contribution < -0.4 is 10.6 Å². The fraction of sp³-hybridized carbons (Fsp3) is 0.500. The molecule has 0 saturated heterocycles. The Morgan fingerprint density at radius 1 is 0.927 bits per heavy atom. The Morgan fingerprint density at radius 3 is 2.10 bits per heavy atom. The summed E-state index contributed by atoms with van der Waals surface area (Å²) in [6, 6.07) is 14.5.